The van der Waals surface area contributed by atoms with Gasteiger partial charge in [-0.1, -0.05) is 51.0 Å². The Bertz CT molecular complexity index is 578. The van der Waals surface area contributed by atoms with Crippen molar-refractivity contribution in [3.63, 3.8) is 0 Å². The average Bonchev–Trinajstić information content (AvgIpc) is 2.60. The van der Waals surface area contributed by atoms with Crippen molar-refractivity contribution in [3.05, 3.63) is 59.7 Å². The molecule has 0 saturated carbocycles. The third-order valence-corrected chi connectivity index (χ3v) is 4.27. The van der Waals surface area contributed by atoms with Gasteiger partial charge in [0.2, 0.25) is 0 Å². The summed E-state index contributed by atoms with van der Waals surface area (Å²) in [5.41, 5.74) is 10.4. The number of hydrogen-bond donors (Lipinski definition) is 2. The normalized spacial score (nSPS) is 10.6. The number of nitrogens with two attached hydrogens (primary N) is 1. The standard InChI is InChI=1S/C21H29N3/c1-3-5-7-17-9-13-19(14-10-17)24(21(22)23)20-15-11-18(12-16-20)8-6-4-2/h9-16H,3-8H2,1-2H3,(H3,22,23). The van der Waals surface area contributed by atoms with E-state index < -0.39 is 0 Å². The van der Waals surface area contributed by atoms with E-state index in [-0.39, 0.29) is 5.96 Å². The van der Waals surface area contributed by atoms with Gasteiger partial charge in [-0.25, -0.2) is 0 Å². The molecule has 0 spiro atoms. The molecular weight excluding hydrogens is 294 g/mol. The molecule has 0 amide bonds. The molecule has 0 aromatic heterocycles. The predicted octanol–water partition coefficient (Wildman–Crippen LogP) is 5.40. The number of aryl methyl sites for hydroxylation is 2. The van der Waals surface area contributed by atoms with Gasteiger partial charge in [0.15, 0.2) is 5.96 Å². The van der Waals surface area contributed by atoms with E-state index in [1.54, 1.807) is 4.90 Å². The summed E-state index contributed by atoms with van der Waals surface area (Å²) < 4.78 is 0. The van der Waals surface area contributed by atoms with Crippen LogP contribution in [0.4, 0.5) is 11.4 Å². The first kappa shape index (κ1) is 18.1. The Morgan fingerprint density at radius 1 is 0.792 bits per heavy atom. The quantitative estimate of drug-likeness (QED) is 0.504. The summed E-state index contributed by atoms with van der Waals surface area (Å²) in [6.07, 6.45) is 7.01. The number of rotatable bonds is 8. The fourth-order valence-electron chi connectivity index (χ4n) is 2.81. The number of hydrogen-bond acceptors (Lipinski definition) is 1. The largest absolute Gasteiger partial charge is 0.369 e. The zero-order valence-electron chi connectivity index (χ0n) is 14.9. The summed E-state index contributed by atoms with van der Waals surface area (Å²) in [4.78, 5) is 1.78. The van der Waals surface area contributed by atoms with E-state index in [0.717, 1.165) is 24.2 Å². The van der Waals surface area contributed by atoms with Crippen molar-refractivity contribution >= 4 is 17.3 Å². The summed E-state index contributed by atoms with van der Waals surface area (Å²) in [5, 5.41) is 7.96. The van der Waals surface area contributed by atoms with Gasteiger partial charge in [-0.15, -0.1) is 0 Å². The number of benzene rings is 2. The molecule has 3 heteroatoms. The summed E-state index contributed by atoms with van der Waals surface area (Å²) >= 11 is 0. The second-order valence-electron chi connectivity index (χ2n) is 6.26. The molecule has 0 aliphatic heterocycles. The second-order valence-corrected chi connectivity index (χ2v) is 6.26. The van der Waals surface area contributed by atoms with Crippen molar-refractivity contribution in [2.45, 2.75) is 52.4 Å². The number of anilines is 2. The van der Waals surface area contributed by atoms with E-state index in [0.29, 0.717) is 0 Å². The summed E-state index contributed by atoms with van der Waals surface area (Å²) in [6.45, 7) is 4.41. The van der Waals surface area contributed by atoms with Crippen LogP contribution in [0.2, 0.25) is 0 Å². The average molecular weight is 323 g/mol. The van der Waals surface area contributed by atoms with Crippen LogP contribution < -0.4 is 10.6 Å². The van der Waals surface area contributed by atoms with Crippen molar-refractivity contribution in [2.75, 3.05) is 4.90 Å². The van der Waals surface area contributed by atoms with Gasteiger partial charge in [0, 0.05) is 11.4 Å². The maximum absolute atomic E-state index is 7.96. The maximum Gasteiger partial charge on any atom is 0.197 e. The molecule has 0 unspecified atom stereocenters. The molecule has 3 N–H and O–H groups in total. The molecule has 2 aromatic rings. The summed E-state index contributed by atoms with van der Waals surface area (Å²) in [6, 6.07) is 16.8. The van der Waals surface area contributed by atoms with E-state index in [9.17, 15) is 0 Å². The van der Waals surface area contributed by atoms with Crippen LogP contribution >= 0.6 is 0 Å². The van der Waals surface area contributed by atoms with Crippen LogP contribution in [0.15, 0.2) is 48.5 Å². The maximum atomic E-state index is 7.96. The monoisotopic (exact) mass is 323 g/mol. The first-order valence-electron chi connectivity index (χ1n) is 8.97. The van der Waals surface area contributed by atoms with Gasteiger partial charge < -0.3 is 5.73 Å². The Morgan fingerprint density at radius 3 is 1.46 bits per heavy atom. The second kappa shape index (κ2) is 9.11. The summed E-state index contributed by atoms with van der Waals surface area (Å²) in [7, 11) is 0. The third-order valence-electron chi connectivity index (χ3n) is 4.27. The van der Waals surface area contributed by atoms with Crippen LogP contribution in [0.5, 0.6) is 0 Å². The fourth-order valence-corrected chi connectivity index (χ4v) is 2.81. The highest BCUT2D eigenvalue weighted by Gasteiger charge is 2.12. The van der Waals surface area contributed by atoms with Crippen molar-refractivity contribution < 1.29 is 0 Å². The molecule has 3 nitrogen and oxygen atoms in total. The van der Waals surface area contributed by atoms with Gasteiger partial charge in [-0.2, -0.15) is 0 Å². The Kier molecular flexibility index (Phi) is 6.86. The zero-order chi connectivity index (χ0) is 17.4. The highest BCUT2D eigenvalue weighted by Crippen LogP contribution is 2.26. The molecule has 2 rings (SSSR count). The van der Waals surface area contributed by atoms with Crippen molar-refractivity contribution in [2.24, 2.45) is 5.73 Å². The summed E-state index contributed by atoms with van der Waals surface area (Å²) in [5.74, 6) is 0.0395. The molecule has 0 bridgehead atoms. The molecule has 0 aliphatic rings. The highest BCUT2D eigenvalue weighted by molar-refractivity contribution is 5.99. The van der Waals surface area contributed by atoms with E-state index in [1.165, 1.54) is 36.8 Å². The minimum Gasteiger partial charge on any atom is -0.369 e. The number of nitrogens with zero attached hydrogens (tertiary/aromatic N) is 1. The van der Waals surface area contributed by atoms with Crippen molar-refractivity contribution in [1.82, 2.24) is 0 Å². The van der Waals surface area contributed by atoms with Crippen molar-refractivity contribution in [1.29, 1.82) is 5.41 Å². The van der Waals surface area contributed by atoms with Crippen LogP contribution in [-0.2, 0) is 12.8 Å². The molecule has 0 radical (unpaired) electrons. The first-order chi connectivity index (χ1) is 11.7. The fraction of sp³-hybridized carbons (Fsp3) is 0.381. The lowest BCUT2D eigenvalue weighted by molar-refractivity contribution is 0.795. The Hall–Kier alpha value is -2.29. The van der Waals surface area contributed by atoms with Crippen LogP contribution in [0, 0.1) is 5.41 Å². The molecule has 0 heterocycles. The Balaban J connectivity index is 2.18. The van der Waals surface area contributed by atoms with Gasteiger partial charge in [-0.3, -0.25) is 10.3 Å². The lowest BCUT2D eigenvalue weighted by atomic mass is 10.1. The minimum absolute atomic E-state index is 0.0395. The Labute approximate surface area is 146 Å². The number of guanidine groups is 1. The van der Waals surface area contributed by atoms with Crippen LogP contribution in [-0.4, -0.2) is 5.96 Å². The van der Waals surface area contributed by atoms with Crippen LogP contribution in [0.25, 0.3) is 0 Å². The molecule has 24 heavy (non-hydrogen) atoms. The van der Waals surface area contributed by atoms with Crippen molar-refractivity contribution in [3.8, 4) is 0 Å². The third kappa shape index (κ3) is 4.85. The van der Waals surface area contributed by atoms with Gasteiger partial charge in [0.25, 0.3) is 0 Å². The number of unbranched alkanes of at least 4 members (excludes halogenated alkanes) is 2. The lowest BCUT2D eigenvalue weighted by Gasteiger charge is -2.23. The van der Waals surface area contributed by atoms with Gasteiger partial charge >= 0.3 is 0 Å². The van der Waals surface area contributed by atoms with E-state index in [4.69, 9.17) is 11.1 Å². The van der Waals surface area contributed by atoms with Gasteiger partial charge in [0.1, 0.15) is 0 Å². The predicted molar refractivity (Wildman–Crippen MR) is 104 cm³/mol. The molecule has 0 fully saturated rings. The molecule has 2 aromatic carbocycles. The SMILES string of the molecule is CCCCc1ccc(N(C(=N)N)c2ccc(CCCC)cc2)cc1. The Morgan fingerprint density at radius 2 is 1.17 bits per heavy atom. The van der Waals surface area contributed by atoms with Crippen LogP contribution in [0.3, 0.4) is 0 Å². The lowest BCUT2D eigenvalue weighted by Crippen LogP contribution is -2.32. The highest BCUT2D eigenvalue weighted by atomic mass is 15.2. The van der Waals surface area contributed by atoms with E-state index in [1.807, 2.05) is 0 Å². The minimum atomic E-state index is 0.0395. The molecule has 0 saturated heterocycles. The number of nitrogens with one attached hydrogen (secondary N) is 1. The first-order valence-corrected chi connectivity index (χ1v) is 8.97. The molecule has 128 valence electrons. The molecule has 0 aliphatic carbocycles. The van der Waals surface area contributed by atoms with E-state index >= 15 is 0 Å². The van der Waals surface area contributed by atoms with E-state index in [2.05, 4.69) is 62.4 Å². The smallest absolute Gasteiger partial charge is 0.197 e. The van der Waals surface area contributed by atoms with Crippen LogP contribution in [0.1, 0.15) is 50.7 Å². The molecular formula is C21H29N3. The molecule has 0 atom stereocenters. The topological polar surface area (TPSA) is 53.1 Å². The van der Waals surface area contributed by atoms with Gasteiger partial charge in [-0.05, 0) is 61.1 Å². The zero-order valence-corrected chi connectivity index (χ0v) is 14.9. The van der Waals surface area contributed by atoms with Gasteiger partial charge in [0.05, 0.1) is 0 Å².